The standard InChI is InChI=1S/C22H20N2O5S2/c1-12-18(21(26)29-4)19(13-7-8-15(27-2)16(10-13)28-3)24-20(25)17(31-22(24)23-12)11-14-6-5-9-30-14/h5-11,19H,1-4H3/b17-11+/t19-/m0/s1. The number of hydrogen-bond acceptors (Lipinski definition) is 8. The summed E-state index contributed by atoms with van der Waals surface area (Å²) in [6, 6.07) is 8.50. The molecule has 3 heterocycles. The van der Waals surface area contributed by atoms with Crippen LogP contribution in [0.2, 0.25) is 0 Å². The van der Waals surface area contributed by atoms with Crippen molar-refractivity contribution in [3.8, 4) is 11.5 Å². The van der Waals surface area contributed by atoms with Crippen molar-refractivity contribution in [3.05, 3.63) is 77.1 Å². The van der Waals surface area contributed by atoms with Gasteiger partial charge in [-0.1, -0.05) is 23.5 Å². The van der Waals surface area contributed by atoms with Crippen molar-refractivity contribution < 1.29 is 19.0 Å². The second-order valence-electron chi connectivity index (χ2n) is 6.70. The summed E-state index contributed by atoms with van der Waals surface area (Å²) in [5, 5.41) is 1.95. The van der Waals surface area contributed by atoms with E-state index < -0.39 is 12.0 Å². The molecule has 0 spiro atoms. The van der Waals surface area contributed by atoms with Crippen LogP contribution in [0, 0.1) is 0 Å². The topological polar surface area (TPSA) is 79.1 Å². The first kappa shape index (κ1) is 21.1. The van der Waals surface area contributed by atoms with E-state index in [-0.39, 0.29) is 5.56 Å². The number of nitrogens with zero attached hydrogens (tertiary/aromatic N) is 2. The lowest BCUT2D eigenvalue weighted by Crippen LogP contribution is -2.39. The van der Waals surface area contributed by atoms with Crippen LogP contribution >= 0.6 is 22.7 Å². The zero-order valence-electron chi connectivity index (χ0n) is 17.4. The van der Waals surface area contributed by atoms with Crippen molar-refractivity contribution in [1.29, 1.82) is 0 Å². The number of fused-ring (bicyclic) bond motifs is 1. The molecular formula is C22H20N2O5S2. The minimum atomic E-state index is -0.700. The molecule has 0 bridgehead atoms. The van der Waals surface area contributed by atoms with E-state index in [1.54, 1.807) is 42.1 Å². The molecule has 1 aromatic carbocycles. The van der Waals surface area contributed by atoms with Crippen LogP contribution in [0.5, 0.6) is 11.5 Å². The monoisotopic (exact) mass is 456 g/mol. The van der Waals surface area contributed by atoms with Gasteiger partial charge in [0.15, 0.2) is 16.3 Å². The van der Waals surface area contributed by atoms with Crippen molar-refractivity contribution in [2.45, 2.75) is 13.0 Å². The number of esters is 1. The maximum absolute atomic E-state index is 13.4. The Morgan fingerprint density at radius 3 is 2.58 bits per heavy atom. The fourth-order valence-corrected chi connectivity index (χ4v) is 5.30. The van der Waals surface area contributed by atoms with Gasteiger partial charge in [0, 0.05) is 4.88 Å². The predicted molar refractivity (Wildman–Crippen MR) is 120 cm³/mol. The number of carbonyl (C=O) groups excluding carboxylic acids is 1. The van der Waals surface area contributed by atoms with E-state index in [1.807, 2.05) is 29.7 Å². The Hall–Kier alpha value is -3.17. The van der Waals surface area contributed by atoms with Crippen LogP contribution in [0.3, 0.4) is 0 Å². The van der Waals surface area contributed by atoms with Gasteiger partial charge in [0.05, 0.1) is 43.2 Å². The third kappa shape index (κ3) is 3.70. The summed E-state index contributed by atoms with van der Waals surface area (Å²) in [6.45, 7) is 1.75. The summed E-state index contributed by atoms with van der Waals surface area (Å²) in [5.74, 6) is 0.518. The van der Waals surface area contributed by atoms with Crippen molar-refractivity contribution in [2.24, 2.45) is 4.99 Å². The average Bonchev–Trinajstić information content (AvgIpc) is 3.40. The molecule has 1 aliphatic rings. The maximum atomic E-state index is 13.4. The number of allylic oxidation sites excluding steroid dienone is 1. The van der Waals surface area contributed by atoms with Crippen LogP contribution in [0.25, 0.3) is 6.08 Å². The first-order valence-corrected chi connectivity index (χ1v) is 11.0. The van der Waals surface area contributed by atoms with Crippen LogP contribution in [-0.2, 0) is 9.53 Å². The molecule has 2 aromatic heterocycles. The normalized spacial score (nSPS) is 16.0. The zero-order chi connectivity index (χ0) is 22.1. The minimum Gasteiger partial charge on any atom is -0.493 e. The lowest BCUT2D eigenvalue weighted by Gasteiger charge is -2.25. The fourth-order valence-electron chi connectivity index (χ4n) is 3.53. The van der Waals surface area contributed by atoms with Gasteiger partial charge in [0.2, 0.25) is 0 Å². The third-order valence-electron chi connectivity index (χ3n) is 4.97. The van der Waals surface area contributed by atoms with Crippen molar-refractivity contribution in [1.82, 2.24) is 4.57 Å². The van der Waals surface area contributed by atoms with Crippen LogP contribution in [0.4, 0.5) is 0 Å². The summed E-state index contributed by atoms with van der Waals surface area (Å²) in [5.41, 5.74) is 1.29. The molecule has 0 unspecified atom stereocenters. The van der Waals surface area contributed by atoms with Gasteiger partial charge in [0.1, 0.15) is 0 Å². The highest BCUT2D eigenvalue weighted by Crippen LogP contribution is 2.35. The van der Waals surface area contributed by atoms with E-state index in [9.17, 15) is 9.59 Å². The molecule has 0 radical (unpaired) electrons. The molecule has 3 aromatic rings. The number of aromatic nitrogens is 1. The summed E-state index contributed by atoms with van der Waals surface area (Å²) in [7, 11) is 4.40. The Bertz CT molecular complexity index is 1350. The highest BCUT2D eigenvalue weighted by atomic mass is 32.1. The lowest BCUT2D eigenvalue weighted by atomic mass is 9.95. The van der Waals surface area contributed by atoms with Gasteiger partial charge in [-0.25, -0.2) is 9.79 Å². The number of methoxy groups -OCH3 is 3. The minimum absolute atomic E-state index is 0.217. The molecule has 9 heteroatoms. The molecule has 0 fully saturated rings. The second kappa shape index (κ2) is 8.52. The number of thiophene rings is 1. The summed E-state index contributed by atoms with van der Waals surface area (Å²) < 4.78 is 17.9. The van der Waals surface area contributed by atoms with Gasteiger partial charge in [-0.05, 0) is 42.1 Å². The van der Waals surface area contributed by atoms with Crippen LogP contribution in [-0.4, -0.2) is 31.9 Å². The quantitative estimate of drug-likeness (QED) is 0.551. The highest BCUT2D eigenvalue weighted by Gasteiger charge is 2.33. The van der Waals surface area contributed by atoms with Crippen LogP contribution in [0.1, 0.15) is 23.4 Å². The van der Waals surface area contributed by atoms with E-state index in [2.05, 4.69) is 4.99 Å². The van der Waals surface area contributed by atoms with E-state index in [0.29, 0.717) is 37.7 Å². The van der Waals surface area contributed by atoms with E-state index in [4.69, 9.17) is 14.2 Å². The molecule has 1 aliphatic heterocycles. The Balaban J connectivity index is 1.99. The Labute approximate surface area is 186 Å². The first-order valence-electron chi connectivity index (χ1n) is 9.34. The molecule has 31 heavy (non-hydrogen) atoms. The molecule has 0 aliphatic carbocycles. The van der Waals surface area contributed by atoms with Crippen LogP contribution in [0.15, 0.2) is 56.8 Å². The van der Waals surface area contributed by atoms with Gasteiger partial charge >= 0.3 is 5.97 Å². The fraction of sp³-hybridized carbons (Fsp3) is 0.227. The Morgan fingerprint density at radius 1 is 1.16 bits per heavy atom. The molecule has 160 valence electrons. The number of ether oxygens (including phenoxy) is 3. The summed E-state index contributed by atoms with van der Waals surface area (Å²) >= 11 is 2.84. The summed E-state index contributed by atoms with van der Waals surface area (Å²) in [4.78, 5) is 32.2. The van der Waals surface area contributed by atoms with Gasteiger partial charge in [-0.2, -0.15) is 0 Å². The molecule has 0 saturated heterocycles. The second-order valence-corrected chi connectivity index (χ2v) is 8.69. The summed E-state index contributed by atoms with van der Waals surface area (Å²) in [6.07, 6.45) is 1.84. The lowest BCUT2D eigenvalue weighted by molar-refractivity contribution is -0.136. The Morgan fingerprint density at radius 2 is 1.94 bits per heavy atom. The van der Waals surface area contributed by atoms with Gasteiger partial charge in [-0.15, -0.1) is 11.3 Å². The Kier molecular flexibility index (Phi) is 5.79. The smallest absolute Gasteiger partial charge is 0.338 e. The molecular weight excluding hydrogens is 436 g/mol. The number of thiazole rings is 1. The maximum Gasteiger partial charge on any atom is 0.338 e. The van der Waals surface area contributed by atoms with Gasteiger partial charge in [-0.3, -0.25) is 9.36 Å². The third-order valence-corrected chi connectivity index (χ3v) is 6.77. The molecule has 1 atom stereocenters. The zero-order valence-corrected chi connectivity index (χ0v) is 19.0. The average molecular weight is 457 g/mol. The number of hydrogen-bond donors (Lipinski definition) is 0. The van der Waals surface area contributed by atoms with E-state index in [0.717, 1.165) is 4.88 Å². The largest absolute Gasteiger partial charge is 0.493 e. The molecule has 0 saturated carbocycles. The van der Waals surface area contributed by atoms with Gasteiger partial charge in [0.25, 0.3) is 5.56 Å². The van der Waals surface area contributed by atoms with Crippen molar-refractivity contribution in [3.63, 3.8) is 0 Å². The number of benzene rings is 1. The first-order chi connectivity index (χ1) is 15.0. The van der Waals surface area contributed by atoms with Crippen LogP contribution < -0.4 is 24.4 Å². The van der Waals surface area contributed by atoms with Crippen molar-refractivity contribution in [2.75, 3.05) is 21.3 Å². The van der Waals surface area contributed by atoms with E-state index >= 15 is 0 Å². The molecule has 0 amide bonds. The number of carbonyl (C=O) groups is 1. The van der Waals surface area contributed by atoms with Crippen molar-refractivity contribution >= 4 is 34.7 Å². The molecule has 4 rings (SSSR count). The number of rotatable bonds is 5. The molecule has 0 N–H and O–H groups in total. The SMILES string of the molecule is COC(=O)C1=C(C)N=c2s/c(=C/c3cccs3)c(=O)n2[C@H]1c1ccc(OC)c(OC)c1. The highest BCUT2D eigenvalue weighted by molar-refractivity contribution is 7.11. The molecule has 7 nitrogen and oxygen atoms in total. The van der Waals surface area contributed by atoms with Gasteiger partial charge < -0.3 is 14.2 Å². The van der Waals surface area contributed by atoms with E-state index in [1.165, 1.54) is 25.6 Å². The predicted octanol–water partition coefficient (Wildman–Crippen LogP) is 2.49.